The fourth-order valence-electron chi connectivity index (χ4n) is 2.21. The average molecular weight is 406 g/mol. The summed E-state index contributed by atoms with van der Waals surface area (Å²) in [6.07, 6.45) is -0.177. The molecule has 1 aromatic rings. The van der Waals surface area contributed by atoms with E-state index in [1.54, 1.807) is 0 Å². The summed E-state index contributed by atoms with van der Waals surface area (Å²) in [5.41, 5.74) is 1.03. The van der Waals surface area contributed by atoms with Gasteiger partial charge in [-0.3, -0.25) is 14.5 Å². The largest absolute Gasteiger partial charge is 0.481 e. The Bertz CT molecular complexity index is 536. The van der Waals surface area contributed by atoms with E-state index in [2.05, 4.69) is 37.2 Å². The van der Waals surface area contributed by atoms with Crippen LogP contribution in [0, 0.1) is 0 Å². The van der Waals surface area contributed by atoms with Crippen LogP contribution in [0.15, 0.2) is 27.1 Å². The molecule has 0 bridgehead atoms. The number of carbonyl (C=O) groups is 2. The quantitative estimate of drug-likeness (QED) is 0.803. The predicted octanol–water partition coefficient (Wildman–Crippen LogP) is 1.99. The first kappa shape index (κ1) is 15.5. The molecule has 0 aromatic heterocycles. The van der Waals surface area contributed by atoms with Gasteiger partial charge in [-0.25, -0.2) is 0 Å². The summed E-state index contributed by atoms with van der Waals surface area (Å²) in [5, 5.41) is 11.6. The number of aliphatic carboxylic acids is 1. The van der Waals surface area contributed by atoms with Crippen LogP contribution in [0.1, 0.15) is 12.0 Å². The summed E-state index contributed by atoms with van der Waals surface area (Å²) < 4.78 is 1.89. The van der Waals surface area contributed by atoms with Crippen molar-refractivity contribution in [2.45, 2.75) is 19.0 Å². The maximum atomic E-state index is 11.8. The van der Waals surface area contributed by atoms with Gasteiger partial charge in [0, 0.05) is 28.6 Å². The van der Waals surface area contributed by atoms with Crippen LogP contribution in [-0.4, -0.2) is 41.0 Å². The number of hydrogen-bond acceptors (Lipinski definition) is 3. The topological polar surface area (TPSA) is 69.6 Å². The zero-order chi connectivity index (χ0) is 14.7. The number of carboxylic acid groups (broad SMARTS) is 1. The van der Waals surface area contributed by atoms with E-state index in [0.29, 0.717) is 19.6 Å². The van der Waals surface area contributed by atoms with Crippen molar-refractivity contribution in [1.82, 2.24) is 10.2 Å². The van der Waals surface area contributed by atoms with Crippen LogP contribution >= 0.6 is 31.9 Å². The van der Waals surface area contributed by atoms with Crippen LogP contribution in [0.3, 0.4) is 0 Å². The third kappa shape index (κ3) is 3.80. The Morgan fingerprint density at radius 3 is 2.80 bits per heavy atom. The minimum Gasteiger partial charge on any atom is -0.481 e. The molecule has 0 radical (unpaired) electrons. The molecule has 5 nitrogen and oxygen atoms in total. The fraction of sp³-hybridized carbons (Fsp3) is 0.385. The smallest absolute Gasteiger partial charge is 0.305 e. The molecule has 1 atom stereocenters. The molecule has 7 heteroatoms. The molecule has 0 aliphatic carbocycles. The van der Waals surface area contributed by atoms with E-state index >= 15 is 0 Å². The van der Waals surface area contributed by atoms with Gasteiger partial charge in [-0.1, -0.05) is 6.07 Å². The van der Waals surface area contributed by atoms with Gasteiger partial charge in [0.25, 0.3) is 0 Å². The Labute approximate surface area is 133 Å². The predicted molar refractivity (Wildman–Crippen MR) is 81.3 cm³/mol. The lowest BCUT2D eigenvalue weighted by Gasteiger charge is -2.34. The third-order valence-electron chi connectivity index (χ3n) is 3.18. The van der Waals surface area contributed by atoms with Crippen LogP contribution in [0.25, 0.3) is 0 Å². The zero-order valence-corrected chi connectivity index (χ0v) is 13.8. The molecule has 0 spiro atoms. The molecular weight excluding hydrogens is 392 g/mol. The second-order valence-corrected chi connectivity index (χ2v) is 6.33. The highest BCUT2D eigenvalue weighted by Crippen LogP contribution is 2.25. The number of hydrogen-bond donors (Lipinski definition) is 2. The minimum atomic E-state index is -0.964. The van der Waals surface area contributed by atoms with E-state index in [1.807, 2.05) is 23.1 Å². The van der Waals surface area contributed by atoms with E-state index in [9.17, 15) is 9.59 Å². The maximum absolute atomic E-state index is 11.8. The number of amides is 1. The molecule has 1 fully saturated rings. The summed E-state index contributed by atoms with van der Waals surface area (Å²) >= 11 is 6.85. The lowest BCUT2D eigenvalue weighted by Crippen LogP contribution is -2.55. The van der Waals surface area contributed by atoms with E-state index in [4.69, 9.17) is 5.11 Å². The third-order valence-corrected chi connectivity index (χ3v) is 5.06. The summed E-state index contributed by atoms with van der Waals surface area (Å²) in [6, 6.07) is 5.24. The lowest BCUT2D eigenvalue weighted by molar-refractivity contribution is -0.143. The molecule has 1 heterocycles. The number of nitrogens with one attached hydrogen (secondary N) is 1. The molecule has 108 valence electrons. The molecule has 0 saturated carbocycles. The van der Waals surface area contributed by atoms with Gasteiger partial charge in [0.05, 0.1) is 6.42 Å². The molecule has 2 rings (SSSR count). The minimum absolute atomic E-state index is 0.177. The first-order valence-electron chi connectivity index (χ1n) is 6.15. The van der Waals surface area contributed by atoms with Gasteiger partial charge in [-0.2, -0.15) is 0 Å². The Hall–Kier alpha value is -0.920. The first-order valence-corrected chi connectivity index (χ1v) is 7.73. The Kier molecular flexibility index (Phi) is 5.17. The van der Waals surface area contributed by atoms with Crippen molar-refractivity contribution in [3.63, 3.8) is 0 Å². The normalized spacial score (nSPS) is 19.7. The van der Waals surface area contributed by atoms with Crippen LogP contribution in [-0.2, 0) is 16.1 Å². The Morgan fingerprint density at radius 2 is 2.15 bits per heavy atom. The summed E-state index contributed by atoms with van der Waals surface area (Å²) in [6.45, 7) is 1.75. The summed E-state index contributed by atoms with van der Waals surface area (Å²) in [7, 11) is 0. The van der Waals surface area contributed by atoms with Gasteiger partial charge in [0.2, 0.25) is 5.91 Å². The number of halogens is 2. The van der Waals surface area contributed by atoms with Crippen molar-refractivity contribution in [2.75, 3.05) is 13.1 Å². The fourth-order valence-corrected chi connectivity index (χ4v) is 2.88. The lowest BCUT2D eigenvalue weighted by atomic mass is 10.1. The number of benzene rings is 1. The number of piperazine rings is 1. The van der Waals surface area contributed by atoms with Crippen molar-refractivity contribution in [3.05, 3.63) is 32.7 Å². The van der Waals surface area contributed by atoms with E-state index in [1.165, 1.54) is 0 Å². The van der Waals surface area contributed by atoms with Gasteiger partial charge in [-0.15, -0.1) is 0 Å². The molecule has 1 aliphatic heterocycles. The first-order chi connectivity index (χ1) is 9.47. The number of carboxylic acids is 1. The second-order valence-electron chi connectivity index (χ2n) is 4.62. The molecular formula is C13H14Br2N2O3. The van der Waals surface area contributed by atoms with Crippen molar-refractivity contribution >= 4 is 43.7 Å². The van der Waals surface area contributed by atoms with Crippen LogP contribution in [0.2, 0.25) is 0 Å². The molecule has 1 amide bonds. The van der Waals surface area contributed by atoms with E-state index in [0.717, 1.165) is 14.5 Å². The molecule has 1 aliphatic rings. The van der Waals surface area contributed by atoms with Gasteiger partial charge in [-0.05, 0) is 49.6 Å². The monoisotopic (exact) mass is 404 g/mol. The number of rotatable bonds is 4. The SMILES string of the molecule is O=C(O)CC1C(=O)NCCN1Cc1ccc(Br)c(Br)c1. The van der Waals surface area contributed by atoms with Crippen LogP contribution in [0.4, 0.5) is 0 Å². The van der Waals surface area contributed by atoms with Gasteiger partial charge < -0.3 is 10.4 Å². The van der Waals surface area contributed by atoms with Crippen LogP contribution < -0.4 is 5.32 Å². The van der Waals surface area contributed by atoms with E-state index in [-0.39, 0.29) is 12.3 Å². The van der Waals surface area contributed by atoms with Crippen molar-refractivity contribution < 1.29 is 14.7 Å². The maximum Gasteiger partial charge on any atom is 0.305 e. The summed E-state index contributed by atoms with van der Waals surface area (Å²) in [4.78, 5) is 24.6. The van der Waals surface area contributed by atoms with Gasteiger partial charge >= 0.3 is 5.97 Å². The Morgan fingerprint density at radius 1 is 1.40 bits per heavy atom. The zero-order valence-electron chi connectivity index (χ0n) is 10.6. The standard InChI is InChI=1S/C13H14Br2N2O3/c14-9-2-1-8(5-10(9)15)7-17-4-3-16-13(20)11(17)6-12(18)19/h1-2,5,11H,3-4,6-7H2,(H,16,20)(H,18,19). The highest BCUT2D eigenvalue weighted by molar-refractivity contribution is 9.13. The summed E-state index contributed by atoms with van der Waals surface area (Å²) in [5.74, 6) is -1.18. The van der Waals surface area contributed by atoms with Gasteiger partial charge in [0.15, 0.2) is 0 Å². The second kappa shape index (κ2) is 6.69. The molecule has 20 heavy (non-hydrogen) atoms. The number of nitrogens with zero attached hydrogens (tertiary/aromatic N) is 1. The molecule has 1 saturated heterocycles. The highest BCUT2D eigenvalue weighted by atomic mass is 79.9. The highest BCUT2D eigenvalue weighted by Gasteiger charge is 2.31. The van der Waals surface area contributed by atoms with Crippen molar-refractivity contribution in [1.29, 1.82) is 0 Å². The van der Waals surface area contributed by atoms with Crippen molar-refractivity contribution in [2.24, 2.45) is 0 Å². The molecule has 2 N–H and O–H groups in total. The van der Waals surface area contributed by atoms with Crippen molar-refractivity contribution in [3.8, 4) is 0 Å². The van der Waals surface area contributed by atoms with Crippen LogP contribution in [0.5, 0.6) is 0 Å². The number of carbonyl (C=O) groups excluding carboxylic acids is 1. The molecule has 1 unspecified atom stereocenters. The Balaban J connectivity index is 2.13. The van der Waals surface area contributed by atoms with Gasteiger partial charge in [0.1, 0.15) is 6.04 Å². The molecule has 1 aromatic carbocycles. The van der Waals surface area contributed by atoms with E-state index < -0.39 is 12.0 Å². The average Bonchev–Trinajstić information content (AvgIpc) is 2.38.